The summed E-state index contributed by atoms with van der Waals surface area (Å²) in [6.07, 6.45) is 0. The summed E-state index contributed by atoms with van der Waals surface area (Å²) in [5.41, 5.74) is 9.32. The van der Waals surface area contributed by atoms with Gasteiger partial charge in [0.1, 0.15) is 0 Å². The Labute approximate surface area is 255 Å². The Kier molecular flexibility index (Phi) is 9.43. The molecule has 2 N–H and O–H groups in total. The highest BCUT2D eigenvalue weighted by molar-refractivity contribution is 7.80. The van der Waals surface area contributed by atoms with Crippen LogP contribution in [0.2, 0.25) is 0 Å². The van der Waals surface area contributed by atoms with Crippen molar-refractivity contribution in [2.45, 2.75) is 128 Å². The molecule has 0 unspecified atom stereocenters. The molecule has 0 spiro atoms. The van der Waals surface area contributed by atoms with Crippen LogP contribution in [-0.4, -0.2) is 4.98 Å². The lowest BCUT2D eigenvalue weighted by atomic mass is 9.80. The molecule has 0 saturated carbocycles. The van der Waals surface area contributed by atoms with Gasteiger partial charge in [0.25, 0.3) is 0 Å². The fraction of sp³-hybridized carbons (Fsp3) is 0.514. The predicted octanol–water partition coefficient (Wildman–Crippen LogP) is 10.1. The summed E-state index contributed by atoms with van der Waals surface area (Å²) in [5, 5.41) is 7.28. The van der Waals surface area contributed by atoms with Gasteiger partial charge in [-0.15, -0.1) is 25.3 Å². The molecule has 3 rings (SSSR count). The van der Waals surface area contributed by atoms with E-state index in [1.165, 1.54) is 22.3 Å². The van der Waals surface area contributed by atoms with Crippen molar-refractivity contribution in [2.75, 3.05) is 10.6 Å². The molecule has 40 heavy (non-hydrogen) atoms. The summed E-state index contributed by atoms with van der Waals surface area (Å²) < 4.78 is 0. The molecule has 218 valence electrons. The molecule has 0 bridgehead atoms. The minimum atomic E-state index is 0.00159. The third-order valence-electron chi connectivity index (χ3n) is 7.35. The van der Waals surface area contributed by atoms with Gasteiger partial charge in [-0.25, -0.2) is 0 Å². The molecule has 1 heterocycles. The Morgan fingerprint density at radius 3 is 1.20 bits per heavy atom. The third kappa shape index (κ3) is 8.00. The van der Waals surface area contributed by atoms with Gasteiger partial charge in [0.15, 0.2) is 0 Å². The van der Waals surface area contributed by atoms with Crippen LogP contribution in [0.25, 0.3) is 0 Å². The van der Waals surface area contributed by atoms with Gasteiger partial charge in [0, 0.05) is 21.2 Å². The first-order chi connectivity index (χ1) is 18.2. The second-order valence-electron chi connectivity index (χ2n) is 15.2. The Morgan fingerprint density at radius 1 is 0.550 bits per heavy atom. The second-order valence-corrected chi connectivity index (χ2v) is 16.1. The van der Waals surface area contributed by atoms with Gasteiger partial charge in [-0.1, -0.05) is 101 Å². The number of nitrogens with one attached hydrogen (secondary N) is 2. The fourth-order valence-electron chi connectivity index (χ4n) is 4.65. The minimum absolute atomic E-state index is 0.00159. The van der Waals surface area contributed by atoms with Crippen LogP contribution in [0.1, 0.15) is 117 Å². The lowest BCUT2D eigenvalue weighted by Crippen LogP contribution is -2.19. The Morgan fingerprint density at radius 2 is 0.900 bits per heavy atom. The third-order valence-corrected chi connectivity index (χ3v) is 8.32. The van der Waals surface area contributed by atoms with E-state index in [0.29, 0.717) is 13.1 Å². The highest BCUT2D eigenvalue weighted by atomic mass is 32.1. The Hall–Kier alpha value is -2.11. The summed E-state index contributed by atoms with van der Waals surface area (Å²) in [4.78, 5) is 6.99. The van der Waals surface area contributed by atoms with E-state index in [-0.39, 0.29) is 21.7 Å². The molecule has 0 radical (unpaired) electrons. The smallest absolute Gasteiger partial charge is 0.0598 e. The molecule has 3 nitrogen and oxygen atoms in total. The summed E-state index contributed by atoms with van der Waals surface area (Å²) in [6, 6.07) is 15.4. The molecule has 5 heteroatoms. The van der Waals surface area contributed by atoms with Crippen LogP contribution >= 0.6 is 25.3 Å². The van der Waals surface area contributed by atoms with E-state index in [1.807, 2.05) is 0 Å². The van der Waals surface area contributed by atoms with Gasteiger partial charge in [0.05, 0.1) is 24.5 Å². The van der Waals surface area contributed by atoms with Crippen LogP contribution in [0.3, 0.4) is 0 Å². The topological polar surface area (TPSA) is 37.0 Å². The van der Waals surface area contributed by atoms with Crippen molar-refractivity contribution in [3.63, 3.8) is 0 Å². The number of benzene rings is 2. The van der Waals surface area contributed by atoms with Crippen molar-refractivity contribution < 1.29 is 0 Å². The molecule has 1 aromatic heterocycles. The maximum absolute atomic E-state index is 4.97. The number of rotatable bonds is 6. The summed E-state index contributed by atoms with van der Waals surface area (Å²) >= 11 is 9.91. The lowest BCUT2D eigenvalue weighted by Gasteiger charge is -2.28. The SMILES string of the molecule is CC(C)(C)c1cc(NCc2cccc(CNc3cc(C(C)(C)C)cc(C(C)(C)C)c3S)n2)c(S)c(C(C)(C)C)c1. The largest absolute Gasteiger partial charge is 0.378 e. The van der Waals surface area contributed by atoms with Gasteiger partial charge >= 0.3 is 0 Å². The van der Waals surface area contributed by atoms with Crippen molar-refractivity contribution in [3.05, 3.63) is 76.1 Å². The van der Waals surface area contributed by atoms with Crippen LogP contribution in [0.4, 0.5) is 11.4 Å². The molecular weight excluding hydrogens is 527 g/mol. The first kappa shape index (κ1) is 32.4. The van der Waals surface area contributed by atoms with Gasteiger partial charge in [-0.05, 0) is 68.2 Å². The summed E-state index contributed by atoms with van der Waals surface area (Å²) in [7, 11) is 0. The van der Waals surface area contributed by atoms with Crippen LogP contribution in [0.15, 0.2) is 52.3 Å². The van der Waals surface area contributed by atoms with Crippen LogP contribution in [0, 0.1) is 0 Å². The maximum Gasteiger partial charge on any atom is 0.0598 e. The maximum atomic E-state index is 4.97. The van der Waals surface area contributed by atoms with E-state index in [2.05, 4.69) is 136 Å². The number of thiol groups is 2. The number of hydrogen-bond donors (Lipinski definition) is 4. The van der Waals surface area contributed by atoms with E-state index in [0.717, 1.165) is 32.6 Å². The quantitative estimate of drug-likeness (QED) is 0.220. The van der Waals surface area contributed by atoms with Gasteiger partial charge < -0.3 is 10.6 Å². The van der Waals surface area contributed by atoms with E-state index in [4.69, 9.17) is 30.2 Å². The molecule has 0 aliphatic rings. The minimum Gasteiger partial charge on any atom is -0.378 e. The average molecular weight is 578 g/mol. The first-order valence-electron chi connectivity index (χ1n) is 14.4. The zero-order valence-corrected chi connectivity index (χ0v) is 28.6. The molecule has 0 aliphatic carbocycles. The molecule has 3 aromatic rings. The van der Waals surface area contributed by atoms with E-state index >= 15 is 0 Å². The van der Waals surface area contributed by atoms with Crippen LogP contribution in [-0.2, 0) is 34.7 Å². The van der Waals surface area contributed by atoms with Crippen molar-refractivity contribution in [2.24, 2.45) is 0 Å². The standard InChI is InChI=1S/C35H51N3S2/c1-32(2,3)22-16-26(34(7,8)9)30(39)28(18-22)36-20-24-14-13-15-25(38-24)21-37-29-19-23(33(4,5)6)17-27(31(29)40)35(10,11)12/h13-19,36-37,39-40H,20-21H2,1-12H3. The molecular formula is C35H51N3S2. The van der Waals surface area contributed by atoms with Crippen molar-refractivity contribution >= 4 is 36.6 Å². The summed E-state index contributed by atoms with van der Waals surface area (Å²) in [6.45, 7) is 28.3. The molecule has 0 saturated heterocycles. The van der Waals surface area contributed by atoms with Crippen LogP contribution in [0.5, 0.6) is 0 Å². The molecule has 0 fully saturated rings. The van der Waals surface area contributed by atoms with Crippen molar-refractivity contribution in [1.82, 2.24) is 4.98 Å². The van der Waals surface area contributed by atoms with Gasteiger partial charge in [-0.3, -0.25) is 4.98 Å². The number of nitrogens with zero attached hydrogens (tertiary/aromatic N) is 1. The number of hydrogen-bond acceptors (Lipinski definition) is 5. The van der Waals surface area contributed by atoms with Gasteiger partial charge in [-0.2, -0.15) is 0 Å². The van der Waals surface area contributed by atoms with Crippen molar-refractivity contribution in [3.8, 4) is 0 Å². The van der Waals surface area contributed by atoms with Gasteiger partial charge in [0.2, 0.25) is 0 Å². The highest BCUT2D eigenvalue weighted by Crippen LogP contribution is 2.39. The molecule has 0 amide bonds. The zero-order valence-electron chi connectivity index (χ0n) is 26.8. The van der Waals surface area contributed by atoms with Crippen LogP contribution < -0.4 is 10.6 Å². The number of aromatic nitrogens is 1. The molecule has 0 atom stereocenters. The number of anilines is 2. The normalized spacial score (nSPS) is 12.9. The Balaban J connectivity index is 1.84. The predicted molar refractivity (Wildman–Crippen MR) is 181 cm³/mol. The fourth-order valence-corrected chi connectivity index (χ4v) is 5.73. The highest BCUT2D eigenvalue weighted by Gasteiger charge is 2.25. The zero-order chi connectivity index (χ0) is 30.3. The lowest BCUT2D eigenvalue weighted by molar-refractivity contribution is 0.560. The first-order valence-corrected chi connectivity index (χ1v) is 15.3. The second kappa shape index (κ2) is 11.6. The monoisotopic (exact) mass is 577 g/mol. The van der Waals surface area contributed by atoms with E-state index < -0.39 is 0 Å². The van der Waals surface area contributed by atoms with E-state index in [1.54, 1.807) is 0 Å². The molecule has 0 aliphatic heterocycles. The molecule has 2 aromatic carbocycles. The van der Waals surface area contributed by atoms with Crippen molar-refractivity contribution in [1.29, 1.82) is 0 Å². The Bertz CT molecular complexity index is 1250. The summed E-state index contributed by atoms with van der Waals surface area (Å²) in [5.74, 6) is 0. The number of pyridine rings is 1. The van der Waals surface area contributed by atoms with E-state index in [9.17, 15) is 0 Å². The average Bonchev–Trinajstić information content (AvgIpc) is 2.80.